The molecule has 0 bridgehead atoms. The summed E-state index contributed by atoms with van der Waals surface area (Å²) in [6.07, 6.45) is 4.39. The third-order valence-electron chi connectivity index (χ3n) is 5.76. The molecule has 2 N–H and O–H groups in total. The number of carbonyl (C=O) groups is 1. The van der Waals surface area contributed by atoms with Gasteiger partial charge in [-0.3, -0.25) is 4.79 Å². The SMILES string of the molecule is CCCn1c(C)nc2cc(NC(=O)C3CC34CCNCC4)ccc21. The highest BCUT2D eigenvalue weighted by atomic mass is 16.2. The maximum absolute atomic E-state index is 12.6. The monoisotopic (exact) mass is 326 g/mol. The number of nitrogens with one attached hydrogen (secondary N) is 2. The van der Waals surface area contributed by atoms with Gasteiger partial charge in [0.15, 0.2) is 0 Å². The lowest BCUT2D eigenvalue weighted by atomic mass is 9.92. The first-order chi connectivity index (χ1) is 11.6. The first-order valence-electron chi connectivity index (χ1n) is 9.11. The van der Waals surface area contributed by atoms with E-state index in [1.807, 2.05) is 19.1 Å². The molecule has 128 valence electrons. The predicted molar refractivity (Wildman–Crippen MR) is 96.0 cm³/mol. The summed E-state index contributed by atoms with van der Waals surface area (Å²) in [4.78, 5) is 17.2. The number of hydrogen-bond acceptors (Lipinski definition) is 3. The number of aryl methyl sites for hydroxylation is 2. The molecule has 5 nitrogen and oxygen atoms in total. The van der Waals surface area contributed by atoms with Crippen molar-refractivity contribution in [2.75, 3.05) is 18.4 Å². The van der Waals surface area contributed by atoms with Crippen molar-refractivity contribution < 1.29 is 4.79 Å². The highest BCUT2D eigenvalue weighted by molar-refractivity contribution is 5.96. The molecule has 1 saturated carbocycles. The van der Waals surface area contributed by atoms with Gasteiger partial charge in [-0.1, -0.05) is 6.92 Å². The molecule has 1 atom stereocenters. The highest BCUT2D eigenvalue weighted by Gasteiger charge is 2.57. The largest absolute Gasteiger partial charge is 0.328 e. The van der Waals surface area contributed by atoms with Crippen LogP contribution in [0.4, 0.5) is 5.69 Å². The molecule has 1 unspecified atom stereocenters. The van der Waals surface area contributed by atoms with Gasteiger partial charge in [-0.2, -0.15) is 0 Å². The number of fused-ring (bicyclic) bond motifs is 1. The van der Waals surface area contributed by atoms with Crippen molar-refractivity contribution in [1.82, 2.24) is 14.9 Å². The van der Waals surface area contributed by atoms with E-state index in [2.05, 4.69) is 33.2 Å². The summed E-state index contributed by atoms with van der Waals surface area (Å²) in [6.45, 7) is 7.28. The first kappa shape index (κ1) is 15.6. The van der Waals surface area contributed by atoms with Crippen LogP contribution in [0.1, 0.15) is 38.4 Å². The van der Waals surface area contributed by atoms with E-state index in [0.29, 0.717) is 0 Å². The standard InChI is InChI=1S/C19H26N4O/c1-3-10-23-13(2)21-16-11-14(4-5-17(16)23)22-18(24)15-12-19(15)6-8-20-9-7-19/h4-5,11,15,20H,3,6-10,12H2,1-2H3,(H,22,24). The Balaban J connectivity index is 1.50. The van der Waals surface area contributed by atoms with Crippen LogP contribution < -0.4 is 10.6 Å². The zero-order valence-electron chi connectivity index (χ0n) is 14.6. The minimum Gasteiger partial charge on any atom is -0.328 e. The molecule has 1 aromatic carbocycles. The van der Waals surface area contributed by atoms with Crippen LogP contribution in [-0.2, 0) is 11.3 Å². The number of nitrogens with zero attached hydrogens (tertiary/aromatic N) is 2. The van der Waals surface area contributed by atoms with Crippen molar-refractivity contribution in [3.8, 4) is 0 Å². The summed E-state index contributed by atoms with van der Waals surface area (Å²) in [6, 6.07) is 6.09. The van der Waals surface area contributed by atoms with E-state index in [1.165, 1.54) is 0 Å². The second-order valence-electron chi connectivity index (χ2n) is 7.37. The molecule has 1 amide bonds. The number of imidazole rings is 1. The van der Waals surface area contributed by atoms with Crippen molar-refractivity contribution in [2.24, 2.45) is 11.3 Å². The molecule has 2 aromatic rings. The Hall–Kier alpha value is -1.88. The number of benzene rings is 1. The van der Waals surface area contributed by atoms with Crippen LogP contribution in [-0.4, -0.2) is 28.5 Å². The lowest BCUT2D eigenvalue weighted by Crippen LogP contribution is -2.31. The summed E-state index contributed by atoms with van der Waals surface area (Å²) in [7, 11) is 0. The molecule has 1 aliphatic heterocycles. The normalized spacial score (nSPS) is 22.0. The molecule has 4 rings (SSSR count). The molecule has 1 saturated heterocycles. The predicted octanol–water partition coefficient (Wildman–Crippen LogP) is 3.08. The van der Waals surface area contributed by atoms with Gasteiger partial charge in [0.25, 0.3) is 0 Å². The van der Waals surface area contributed by atoms with Gasteiger partial charge in [-0.05, 0) is 69.3 Å². The fraction of sp³-hybridized carbons (Fsp3) is 0.579. The fourth-order valence-corrected chi connectivity index (χ4v) is 4.26. The molecule has 0 radical (unpaired) electrons. The third-order valence-corrected chi connectivity index (χ3v) is 5.76. The van der Waals surface area contributed by atoms with Crippen molar-refractivity contribution in [2.45, 2.75) is 46.1 Å². The molecule has 1 spiro atoms. The van der Waals surface area contributed by atoms with Crippen LogP contribution in [0.3, 0.4) is 0 Å². The lowest BCUT2D eigenvalue weighted by Gasteiger charge is -2.23. The maximum atomic E-state index is 12.6. The molecule has 2 heterocycles. The molecule has 2 aliphatic rings. The van der Waals surface area contributed by atoms with Crippen molar-refractivity contribution in [1.29, 1.82) is 0 Å². The van der Waals surface area contributed by atoms with E-state index in [1.54, 1.807) is 0 Å². The third kappa shape index (κ3) is 2.61. The summed E-state index contributed by atoms with van der Waals surface area (Å²) in [5, 5.41) is 6.50. The second kappa shape index (κ2) is 5.88. The van der Waals surface area contributed by atoms with E-state index in [-0.39, 0.29) is 17.2 Å². The van der Waals surface area contributed by atoms with Crippen LogP contribution in [0.25, 0.3) is 11.0 Å². The highest BCUT2D eigenvalue weighted by Crippen LogP contribution is 2.58. The summed E-state index contributed by atoms with van der Waals surface area (Å²) in [5.41, 5.74) is 3.25. The van der Waals surface area contributed by atoms with Gasteiger partial charge in [0.05, 0.1) is 11.0 Å². The van der Waals surface area contributed by atoms with E-state index >= 15 is 0 Å². The van der Waals surface area contributed by atoms with E-state index in [9.17, 15) is 4.79 Å². The Morgan fingerprint density at radius 2 is 2.21 bits per heavy atom. The van der Waals surface area contributed by atoms with Crippen LogP contribution in [0.15, 0.2) is 18.2 Å². The van der Waals surface area contributed by atoms with Gasteiger partial charge in [-0.15, -0.1) is 0 Å². The van der Waals surface area contributed by atoms with Crippen molar-refractivity contribution in [3.63, 3.8) is 0 Å². The first-order valence-corrected chi connectivity index (χ1v) is 9.11. The molecule has 24 heavy (non-hydrogen) atoms. The summed E-state index contributed by atoms with van der Waals surface area (Å²) < 4.78 is 2.24. The quantitative estimate of drug-likeness (QED) is 0.908. The van der Waals surface area contributed by atoms with E-state index in [0.717, 1.165) is 67.9 Å². The van der Waals surface area contributed by atoms with Crippen LogP contribution in [0.5, 0.6) is 0 Å². The number of carbonyl (C=O) groups excluding carboxylic acids is 1. The Bertz CT molecular complexity index is 773. The van der Waals surface area contributed by atoms with Crippen molar-refractivity contribution >= 4 is 22.6 Å². The summed E-state index contributed by atoms with van der Waals surface area (Å²) in [5.74, 6) is 1.40. The van der Waals surface area contributed by atoms with Gasteiger partial charge in [0, 0.05) is 18.2 Å². The number of hydrogen-bond donors (Lipinski definition) is 2. The van der Waals surface area contributed by atoms with Crippen LogP contribution in [0, 0.1) is 18.3 Å². The lowest BCUT2D eigenvalue weighted by molar-refractivity contribution is -0.118. The number of rotatable bonds is 4. The zero-order valence-corrected chi connectivity index (χ0v) is 14.6. The average molecular weight is 326 g/mol. The summed E-state index contributed by atoms with van der Waals surface area (Å²) >= 11 is 0. The van der Waals surface area contributed by atoms with E-state index < -0.39 is 0 Å². The molecule has 1 aromatic heterocycles. The molecular weight excluding hydrogens is 300 g/mol. The van der Waals surface area contributed by atoms with Crippen molar-refractivity contribution in [3.05, 3.63) is 24.0 Å². The number of amides is 1. The van der Waals surface area contributed by atoms with E-state index in [4.69, 9.17) is 0 Å². The van der Waals surface area contributed by atoms with Gasteiger partial charge >= 0.3 is 0 Å². The topological polar surface area (TPSA) is 59.0 Å². The Labute approximate surface area is 142 Å². The average Bonchev–Trinajstić information content (AvgIpc) is 3.17. The fourth-order valence-electron chi connectivity index (χ4n) is 4.26. The smallest absolute Gasteiger partial charge is 0.228 e. The maximum Gasteiger partial charge on any atom is 0.228 e. The van der Waals surface area contributed by atoms with Gasteiger partial charge in [0.2, 0.25) is 5.91 Å². The van der Waals surface area contributed by atoms with Gasteiger partial charge < -0.3 is 15.2 Å². The minimum atomic E-state index is 0.181. The Kier molecular flexibility index (Phi) is 3.83. The van der Waals surface area contributed by atoms with Gasteiger partial charge in [0.1, 0.15) is 5.82 Å². The van der Waals surface area contributed by atoms with Gasteiger partial charge in [-0.25, -0.2) is 4.98 Å². The second-order valence-corrected chi connectivity index (χ2v) is 7.37. The molecule has 1 aliphatic carbocycles. The molecule has 2 fully saturated rings. The van der Waals surface area contributed by atoms with Crippen LogP contribution >= 0.6 is 0 Å². The number of anilines is 1. The molecular formula is C19H26N4O. The van der Waals surface area contributed by atoms with Crippen LogP contribution in [0.2, 0.25) is 0 Å². The number of aromatic nitrogens is 2. The Morgan fingerprint density at radius 1 is 1.42 bits per heavy atom. The Morgan fingerprint density at radius 3 is 2.96 bits per heavy atom. The molecule has 5 heteroatoms. The number of piperidine rings is 1. The minimum absolute atomic E-state index is 0.181. The zero-order chi connectivity index (χ0) is 16.7.